The van der Waals surface area contributed by atoms with Gasteiger partial charge >= 0.3 is 0 Å². The Morgan fingerprint density at radius 3 is 2.31 bits per heavy atom. The summed E-state index contributed by atoms with van der Waals surface area (Å²) in [5.74, 6) is 1.74. The van der Waals surface area contributed by atoms with Crippen LogP contribution in [-0.4, -0.2) is 49.5 Å². The first-order valence-electron chi connectivity index (χ1n) is 11.9. The standard InChI is InChI=1S/C17H22N2O.C11H12O3S/c1-15(17-11-6-7-12-18-17)19(2)13-8-14-20-16-9-4-3-5-10-16;1-7(2)10-11(15(12)13)8-5-3-4-6-9(8)14-10/h3-7,9-12,15H,8,13-14H2,1-2H3;3-7,10H,1-2H3. The first-order valence-corrected chi connectivity index (χ1v) is 13.0. The number of ether oxygens (including phenoxy) is 2. The molecule has 186 valence electrons. The Hall–Kier alpha value is -3.16. The number of hydrogen-bond acceptors (Lipinski definition) is 6. The molecule has 1 aliphatic rings. The predicted octanol–water partition coefficient (Wildman–Crippen LogP) is 5.05. The fraction of sp³-hybridized carbons (Fsp3) is 0.357. The molecule has 0 bridgehead atoms. The van der Waals surface area contributed by atoms with Crippen LogP contribution in [0.25, 0.3) is 0 Å². The summed E-state index contributed by atoms with van der Waals surface area (Å²) in [4.78, 5) is 7.08. The Bertz CT molecular complexity index is 1190. The van der Waals surface area contributed by atoms with Gasteiger partial charge in [-0.05, 0) is 62.7 Å². The minimum atomic E-state index is -2.21. The molecule has 0 saturated heterocycles. The summed E-state index contributed by atoms with van der Waals surface area (Å²) in [6.45, 7) is 7.81. The molecule has 6 nitrogen and oxygen atoms in total. The molecule has 1 aromatic heterocycles. The highest BCUT2D eigenvalue weighted by molar-refractivity contribution is 7.73. The molecule has 35 heavy (non-hydrogen) atoms. The van der Waals surface area contributed by atoms with Crippen LogP contribution in [0.3, 0.4) is 0 Å². The van der Waals surface area contributed by atoms with Crippen molar-refractivity contribution in [3.05, 3.63) is 90.3 Å². The zero-order chi connectivity index (χ0) is 25.2. The first-order chi connectivity index (χ1) is 16.9. The van der Waals surface area contributed by atoms with Crippen LogP contribution in [0.2, 0.25) is 0 Å². The van der Waals surface area contributed by atoms with Gasteiger partial charge in [-0.3, -0.25) is 9.88 Å². The molecule has 0 radical (unpaired) electrons. The van der Waals surface area contributed by atoms with Crippen LogP contribution < -0.4 is 9.47 Å². The van der Waals surface area contributed by atoms with Gasteiger partial charge < -0.3 is 9.47 Å². The van der Waals surface area contributed by atoms with E-state index < -0.39 is 10.3 Å². The van der Waals surface area contributed by atoms with Gasteiger partial charge in [0.05, 0.1) is 12.3 Å². The van der Waals surface area contributed by atoms with Crippen LogP contribution in [0.4, 0.5) is 0 Å². The lowest BCUT2D eigenvalue weighted by molar-refractivity contribution is 0.223. The van der Waals surface area contributed by atoms with Crippen LogP contribution >= 0.6 is 0 Å². The molecule has 0 spiro atoms. The van der Waals surface area contributed by atoms with Gasteiger partial charge in [0.25, 0.3) is 0 Å². The first kappa shape index (κ1) is 26.4. The van der Waals surface area contributed by atoms with Crippen molar-refractivity contribution in [1.82, 2.24) is 9.88 Å². The predicted molar refractivity (Wildman–Crippen MR) is 141 cm³/mol. The third-order valence-electron chi connectivity index (χ3n) is 5.89. The highest BCUT2D eigenvalue weighted by Crippen LogP contribution is 2.31. The number of nitrogens with zero attached hydrogens (tertiary/aromatic N) is 2. The zero-order valence-electron chi connectivity index (χ0n) is 20.8. The van der Waals surface area contributed by atoms with Crippen LogP contribution in [-0.2, 0) is 10.3 Å². The smallest absolute Gasteiger partial charge is 0.221 e. The van der Waals surface area contributed by atoms with E-state index in [1.54, 1.807) is 12.1 Å². The maximum absolute atomic E-state index is 11.2. The van der Waals surface area contributed by atoms with E-state index in [4.69, 9.17) is 9.47 Å². The molecule has 0 fully saturated rings. The summed E-state index contributed by atoms with van der Waals surface area (Å²) >= 11 is 0. The van der Waals surface area contributed by atoms with E-state index in [0.29, 0.717) is 22.2 Å². The van der Waals surface area contributed by atoms with E-state index in [1.807, 2.05) is 74.6 Å². The van der Waals surface area contributed by atoms with Crippen molar-refractivity contribution in [3.63, 3.8) is 0 Å². The molecule has 0 N–H and O–H groups in total. The van der Waals surface area contributed by atoms with Gasteiger partial charge in [0, 0.05) is 24.3 Å². The lowest BCUT2D eigenvalue weighted by Gasteiger charge is -2.24. The van der Waals surface area contributed by atoms with Crippen molar-refractivity contribution >= 4 is 15.2 Å². The third-order valence-corrected chi connectivity index (χ3v) is 6.71. The summed E-state index contributed by atoms with van der Waals surface area (Å²) < 4.78 is 33.6. The Labute approximate surface area is 210 Å². The van der Waals surface area contributed by atoms with Crippen molar-refractivity contribution in [1.29, 1.82) is 0 Å². The number of benzene rings is 2. The minimum Gasteiger partial charge on any atom is -0.494 e. The lowest BCUT2D eigenvalue weighted by Crippen LogP contribution is -2.27. The SMILES string of the molecule is CC(C)C1Oc2ccccc2C1=S(=O)=O.CC(c1ccccn1)N(C)CCCOc1ccccc1. The maximum Gasteiger partial charge on any atom is 0.221 e. The second-order valence-corrected chi connectivity index (χ2v) is 9.71. The Balaban J connectivity index is 0.000000203. The van der Waals surface area contributed by atoms with E-state index in [1.165, 1.54) is 0 Å². The van der Waals surface area contributed by atoms with Crippen molar-refractivity contribution in [2.75, 3.05) is 20.2 Å². The second kappa shape index (κ2) is 13.1. The van der Waals surface area contributed by atoms with Gasteiger partial charge in [-0.15, -0.1) is 0 Å². The van der Waals surface area contributed by atoms with Gasteiger partial charge in [-0.25, -0.2) is 0 Å². The minimum absolute atomic E-state index is 0.144. The molecule has 2 aromatic carbocycles. The fourth-order valence-electron chi connectivity index (χ4n) is 3.80. The average Bonchev–Trinajstić information content (AvgIpc) is 3.28. The third kappa shape index (κ3) is 7.41. The van der Waals surface area contributed by atoms with Crippen LogP contribution in [0, 0.1) is 5.92 Å². The van der Waals surface area contributed by atoms with Gasteiger partial charge in [-0.1, -0.05) is 50.2 Å². The quantitative estimate of drug-likeness (QED) is 0.323. The average molecular weight is 495 g/mol. The van der Waals surface area contributed by atoms with E-state index in [9.17, 15) is 8.42 Å². The summed E-state index contributed by atoms with van der Waals surface area (Å²) in [5.41, 5.74) is 1.81. The van der Waals surface area contributed by atoms with Crippen LogP contribution in [0.5, 0.6) is 11.5 Å². The molecular weight excluding hydrogens is 460 g/mol. The number of aromatic nitrogens is 1. The topological polar surface area (TPSA) is 68.7 Å². The number of fused-ring (bicyclic) bond motifs is 1. The summed E-state index contributed by atoms with van der Waals surface area (Å²) in [6, 6.07) is 23.6. The molecule has 0 saturated carbocycles. The molecule has 2 heterocycles. The monoisotopic (exact) mass is 494 g/mol. The van der Waals surface area contributed by atoms with Crippen LogP contribution in [0.1, 0.15) is 44.5 Å². The number of para-hydroxylation sites is 2. The molecule has 2 unspecified atom stereocenters. The zero-order valence-corrected chi connectivity index (χ0v) is 21.6. The van der Waals surface area contributed by atoms with Crippen molar-refractivity contribution < 1.29 is 17.9 Å². The maximum atomic E-state index is 11.2. The van der Waals surface area contributed by atoms with Gasteiger partial charge in [0.15, 0.2) is 0 Å². The summed E-state index contributed by atoms with van der Waals surface area (Å²) in [5, 5.41) is 0. The molecular formula is C28H34N2O4S. The number of pyridine rings is 1. The summed E-state index contributed by atoms with van der Waals surface area (Å²) in [6.07, 6.45) is 2.50. The van der Waals surface area contributed by atoms with Crippen molar-refractivity contribution in [2.24, 2.45) is 5.92 Å². The van der Waals surface area contributed by atoms with Gasteiger partial charge in [-0.2, -0.15) is 8.42 Å². The highest BCUT2D eigenvalue weighted by Gasteiger charge is 2.33. The van der Waals surface area contributed by atoms with E-state index in [2.05, 4.69) is 29.9 Å². The summed E-state index contributed by atoms with van der Waals surface area (Å²) in [7, 11) is -0.0844. The second-order valence-electron chi connectivity index (χ2n) is 8.80. The lowest BCUT2D eigenvalue weighted by atomic mass is 10.0. The molecule has 0 amide bonds. The molecule has 1 aliphatic heterocycles. The normalized spacial score (nSPS) is 15.1. The Morgan fingerprint density at radius 2 is 1.66 bits per heavy atom. The molecule has 3 aromatic rings. The van der Waals surface area contributed by atoms with Crippen molar-refractivity contribution in [3.8, 4) is 11.5 Å². The van der Waals surface area contributed by atoms with Gasteiger partial charge in [0.2, 0.25) is 10.3 Å². The van der Waals surface area contributed by atoms with E-state index >= 15 is 0 Å². The highest BCUT2D eigenvalue weighted by atomic mass is 32.2. The fourth-order valence-corrected chi connectivity index (χ4v) is 4.66. The van der Waals surface area contributed by atoms with E-state index in [-0.39, 0.29) is 12.0 Å². The number of hydrogen-bond donors (Lipinski definition) is 0. The number of rotatable bonds is 8. The molecule has 7 heteroatoms. The Morgan fingerprint density at radius 1 is 0.971 bits per heavy atom. The largest absolute Gasteiger partial charge is 0.494 e. The molecule has 4 rings (SSSR count). The Kier molecular flexibility index (Phi) is 9.87. The molecule has 0 aliphatic carbocycles. The van der Waals surface area contributed by atoms with Gasteiger partial charge in [0.1, 0.15) is 22.5 Å². The van der Waals surface area contributed by atoms with Crippen LogP contribution in [0.15, 0.2) is 79.0 Å². The molecule has 2 atom stereocenters. The van der Waals surface area contributed by atoms with E-state index in [0.717, 1.165) is 31.0 Å². The van der Waals surface area contributed by atoms with Crippen molar-refractivity contribution in [2.45, 2.75) is 39.3 Å².